The number of hydrogen-bond donors (Lipinski definition) is 1. The molecule has 3 amide bonds. The van der Waals surface area contributed by atoms with Gasteiger partial charge in [0, 0.05) is 35.8 Å². The van der Waals surface area contributed by atoms with Crippen LogP contribution >= 0.6 is 15.9 Å². The number of piperidine rings is 1. The Morgan fingerprint density at radius 3 is 2.75 bits per heavy atom. The first-order chi connectivity index (χ1) is 9.67. The zero-order valence-electron chi connectivity index (χ0n) is 11.0. The fraction of sp³-hybridized carbons (Fsp3) is 0.429. The van der Waals surface area contributed by atoms with E-state index in [1.807, 2.05) is 23.1 Å². The van der Waals surface area contributed by atoms with Crippen molar-refractivity contribution in [1.29, 1.82) is 0 Å². The fourth-order valence-corrected chi connectivity index (χ4v) is 3.26. The van der Waals surface area contributed by atoms with Crippen molar-refractivity contribution in [3.8, 4) is 0 Å². The Morgan fingerprint density at radius 2 is 2.05 bits per heavy atom. The van der Waals surface area contributed by atoms with Gasteiger partial charge in [0.1, 0.15) is 0 Å². The van der Waals surface area contributed by atoms with Gasteiger partial charge in [-0.3, -0.25) is 4.79 Å². The van der Waals surface area contributed by atoms with Crippen LogP contribution in [-0.4, -0.2) is 41.4 Å². The third kappa shape index (κ3) is 2.52. The molecule has 2 aliphatic heterocycles. The Balaban J connectivity index is 1.75. The van der Waals surface area contributed by atoms with E-state index in [9.17, 15) is 9.59 Å². The van der Waals surface area contributed by atoms with Crippen molar-refractivity contribution in [2.24, 2.45) is 0 Å². The molecule has 1 fully saturated rings. The molecule has 0 aromatic heterocycles. The van der Waals surface area contributed by atoms with Crippen molar-refractivity contribution in [1.82, 2.24) is 9.80 Å². The van der Waals surface area contributed by atoms with Crippen LogP contribution in [0, 0.1) is 0 Å². The Kier molecular flexibility index (Phi) is 3.65. The molecule has 0 atom stereocenters. The largest absolute Gasteiger partial charge is 0.345 e. The minimum atomic E-state index is -0.0376. The second kappa shape index (κ2) is 5.44. The lowest BCUT2D eigenvalue weighted by Crippen LogP contribution is -2.49. The number of nitrogens with zero attached hydrogens (tertiary/aromatic N) is 2. The molecule has 3 rings (SSSR count). The normalized spacial score (nSPS) is 19.6. The minimum Gasteiger partial charge on any atom is -0.345 e. The van der Waals surface area contributed by atoms with Crippen molar-refractivity contribution >= 4 is 34.1 Å². The first-order valence-electron chi connectivity index (χ1n) is 6.73. The summed E-state index contributed by atoms with van der Waals surface area (Å²) in [6.07, 6.45) is 2.57. The fourth-order valence-electron chi connectivity index (χ4n) is 2.86. The number of nitrogens with one attached hydrogen (secondary N) is 1. The van der Waals surface area contributed by atoms with Gasteiger partial charge in [-0.1, -0.05) is 15.9 Å². The highest BCUT2D eigenvalue weighted by molar-refractivity contribution is 9.10. The Bertz CT molecular complexity index is 541. The first kappa shape index (κ1) is 13.4. The number of rotatable bonds is 2. The third-order valence-electron chi connectivity index (χ3n) is 4.00. The van der Waals surface area contributed by atoms with Gasteiger partial charge in [0.25, 0.3) is 0 Å². The lowest BCUT2D eigenvalue weighted by atomic mass is 10.0. The first-order valence-corrected chi connectivity index (χ1v) is 7.52. The molecule has 1 aromatic rings. The number of halogens is 1. The number of amides is 3. The van der Waals surface area contributed by atoms with Crippen LogP contribution in [0.2, 0.25) is 0 Å². The molecule has 0 radical (unpaired) electrons. The molecule has 0 spiro atoms. The van der Waals surface area contributed by atoms with Crippen molar-refractivity contribution in [3.63, 3.8) is 0 Å². The van der Waals surface area contributed by atoms with E-state index in [1.165, 1.54) is 0 Å². The standard InChI is InChI=1S/C14H16BrN3O2/c15-11-1-2-13-10(7-11)8-18(14(20)16-13)12-3-5-17(9-19)6-4-12/h1-2,7,9,12H,3-6,8H2,(H,16,20). The topological polar surface area (TPSA) is 52.7 Å². The van der Waals surface area contributed by atoms with Crippen LogP contribution in [0.4, 0.5) is 10.5 Å². The number of fused-ring (bicyclic) bond motifs is 1. The van der Waals surface area contributed by atoms with Gasteiger partial charge in [0.05, 0.1) is 0 Å². The van der Waals surface area contributed by atoms with Gasteiger partial charge in [-0.25, -0.2) is 4.79 Å². The lowest BCUT2D eigenvalue weighted by molar-refractivity contribution is -0.119. The van der Waals surface area contributed by atoms with E-state index in [1.54, 1.807) is 4.90 Å². The number of hydrogen-bond acceptors (Lipinski definition) is 2. The molecule has 106 valence electrons. The van der Waals surface area contributed by atoms with E-state index < -0.39 is 0 Å². The Hall–Kier alpha value is -1.56. The summed E-state index contributed by atoms with van der Waals surface area (Å²) in [6, 6.07) is 6.06. The average Bonchev–Trinajstić information content (AvgIpc) is 2.47. The zero-order valence-corrected chi connectivity index (χ0v) is 12.6. The molecule has 0 saturated carbocycles. The maximum atomic E-state index is 12.2. The number of carbonyl (C=O) groups is 2. The van der Waals surface area contributed by atoms with Crippen LogP contribution in [0.15, 0.2) is 22.7 Å². The van der Waals surface area contributed by atoms with Crippen LogP contribution in [0.25, 0.3) is 0 Å². The molecule has 2 heterocycles. The predicted molar refractivity (Wildman–Crippen MR) is 79.4 cm³/mol. The molecule has 1 aromatic carbocycles. The number of carbonyl (C=O) groups excluding carboxylic acids is 2. The SMILES string of the molecule is O=CN1CCC(N2Cc3cc(Br)ccc3NC2=O)CC1. The van der Waals surface area contributed by atoms with Gasteiger partial charge in [0.2, 0.25) is 6.41 Å². The second-order valence-electron chi connectivity index (χ2n) is 5.23. The molecule has 5 nitrogen and oxygen atoms in total. The number of anilines is 1. The van der Waals surface area contributed by atoms with Gasteiger partial charge in [-0.15, -0.1) is 0 Å². The van der Waals surface area contributed by atoms with E-state index in [0.29, 0.717) is 6.54 Å². The highest BCUT2D eigenvalue weighted by Crippen LogP contribution is 2.29. The van der Waals surface area contributed by atoms with Crippen LogP contribution in [0.5, 0.6) is 0 Å². The zero-order chi connectivity index (χ0) is 14.1. The highest BCUT2D eigenvalue weighted by Gasteiger charge is 2.31. The van der Waals surface area contributed by atoms with Crippen molar-refractivity contribution in [2.45, 2.75) is 25.4 Å². The van der Waals surface area contributed by atoms with Crippen LogP contribution < -0.4 is 5.32 Å². The molecular formula is C14H16BrN3O2. The summed E-state index contributed by atoms with van der Waals surface area (Å²) in [5.74, 6) is 0. The van der Waals surface area contributed by atoms with Gasteiger partial charge in [0.15, 0.2) is 0 Å². The molecule has 1 saturated heterocycles. The monoisotopic (exact) mass is 337 g/mol. The second-order valence-corrected chi connectivity index (χ2v) is 6.15. The summed E-state index contributed by atoms with van der Waals surface area (Å²) in [4.78, 5) is 26.6. The summed E-state index contributed by atoms with van der Waals surface area (Å²) in [5, 5.41) is 2.94. The van der Waals surface area contributed by atoms with Crippen LogP contribution in [0.1, 0.15) is 18.4 Å². The van der Waals surface area contributed by atoms with E-state index in [2.05, 4.69) is 21.2 Å². The number of urea groups is 1. The molecule has 0 unspecified atom stereocenters. The van der Waals surface area contributed by atoms with Crippen LogP contribution in [0.3, 0.4) is 0 Å². The summed E-state index contributed by atoms with van der Waals surface area (Å²) >= 11 is 3.46. The predicted octanol–water partition coefficient (Wildman–Crippen LogP) is 2.42. The molecular weight excluding hydrogens is 322 g/mol. The summed E-state index contributed by atoms with van der Waals surface area (Å²) in [5.41, 5.74) is 2.01. The minimum absolute atomic E-state index is 0.0376. The summed E-state index contributed by atoms with van der Waals surface area (Å²) in [7, 11) is 0. The van der Waals surface area contributed by atoms with Gasteiger partial charge in [-0.2, -0.15) is 0 Å². The third-order valence-corrected chi connectivity index (χ3v) is 4.49. The highest BCUT2D eigenvalue weighted by atomic mass is 79.9. The van der Waals surface area contributed by atoms with E-state index >= 15 is 0 Å². The lowest BCUT2D eigenvalue weighted by Gasteiger charge is -2.39. The van der Waals surface area contributed by atoms with Crippen molar-refractivity contribution in [3.05, 3.63) is 28.2 Å². The Labute approximate surface area is 126 Å². The van der Waals surface area contributed by atoms with Crippen LogP contribution in [-0.2, 0) is 11.3 Å². The van der Waals surface area contributed by atoms with E-state index in [0.717, 1.165) is 48.1 Å². The number of likely N-dealkylation sites (tertiary alicyclic amines) is 1. The van der Waals surface area contributed by atoms with E-state index in [-0.39, 0.29) is 12.1 Å². The van der Waals surface area contributed by atoms with Gasteiger partial charge in [-0.05, 0) is 36.6 Å². The van der Waals surface area contributed by atoms with Crippen molar-refractivity contribution < 1.29 is 9.59 Å². The molecule has 0 aliphatic carbocycles. The number of benzene rings is 1. The summed E-state index contributed by atoms with van der Waals surface area (Å²) < 4.78 is 1.02. The molecule has 2 aliphatic rings. The maximum Gasteiger partial charge on any atom is 0.322 e. The van der Waals surface area contributed by atoms with Crippen molar-refractivity contribution in [2.75, 3.05) is 18.4 Å². The smallest absolute Gasteiger partial charge is 0.322 e. The average molecular weight is 338 g/mol. The quantitative estimate of drug-likeness (QED) is 0.842. The summed E-state index contributed by atoms with van der Waals surface area (Å²) in [6.45, 7) is 2.08. The molecule has 0 bridgehead atoms. The van der Waals surface area contributed by atoms with E-state index in [4.69, 9.17) is 0 Å². The molecule has 1 N–H and O–H groups in total. The van der Waals surface area contributed by atoms with Gasteiger partial charge >= 0.3 is 6.03 Å². The maximum absolute atomic E-state index is 12.2. The molecule has 20 heavy (non-hydrogen) atoms. The molecule has 6 heteroatoms. The van der Waals surface area contributed by atoms with Gasteiger partial charge < -0.3 is 15.1 Å². The Morgan fingerprint density at radius 1 is 1.30 bits per heavy atom.